The minimum absolute atomic E-state index is 0.0459. The van der Waals surface area contributed by atoms with Crippen LogP contribution >= 0.6 is 11.6 Å². The van der Waals surface area contributed by atoms with E-state index in [0.29, 0.717) is 28.9 Å². The first-order valence-electron chi connectivity index (χ1n) is 8.80. The molecule has 1 N–H and O–H groups in total. The summed E-state index contributed by atoms with van der Waals surface area (Å²) in [6, 6.07) is 14.1. The fourth-order valence-electron chi connectivity index (χ4n) is 2.63. The van der Waals surface area contributed by atoms with Gasteiger partial charge in [-0.2, -0.15) is 0 Å². The molecule has 30 heavy (non-hydrogen) atoms. The molecule has 3 rings (SSSR count). The minimum Gasteiger partial charge on any atom is -0.453 e. The van der Waals surface area contributed by atoms with Crippen molar-refractivity contribution in [3.63, 3.8) is 0 Å². The molecule has 3 aromatic rings. The average Bonchev–Trinajstić information content (AvgIpc) is 3.22. The highest BCUT2D eigenvalue weighted by Crippen LogP contribution is 2.27. The van der Waals surface area contributed by atoms with E-state index in [9.17, 15) is 19.2 Å². The Kier molecular flexibility index (Phi) is 6.44. The van der Waals surface area contributed by atoms with Crippen LogP contribution < -0.4 is 5.32 Å². The third kappa shape index (κ3) is 5.01. The number of ketones is 1. The Labute approximate surface area is 176 Å². The van der Waals surface area contributed by atoms with Gasteiger partial charge < -0.3 is 14.5 Å². The van der Waals surface area contributed by atoms with Crippen LogP contribution in [0.5, 0.6) is 0 Å². The van der Waals surface area contributed by atoms with Gasteiger partial charge in [0.2, 0.25) is 0 Å². The van der Waals surface area contributed by atoms with Crippen LogP contribution in [-0.4, -0.2) is 30.6 Å². The summed E-state index contributed by atoms with van der Waals surface area (Å²) in [5.74, 6) is -0.973. The number of esters is 1. The normalized spacial score (nSPS) is 10.3. The molecule has 8 heteroatoms. The molecule has 0 unspecified atom stereocenters. The fraction of sp³-hybridized carbons (Fsp3) is 0.0909. The molecule has 0 aliphatic carbocycles. The Hall–Kier alpha value is -3.71. The second-order valence-electron chi connectivity index (χ2n) is 6.28. The predicted molar refractivity (Wildman–Crippen MR) is 110 cm³/mol. The smallest absolute Gasteiger partial charge is 0.340 e. The first-order chi connectivity index (χ1) is 14.4. The van der Waals surface area contributed by atoms with Crippen molar-refractivity contribution in [2.75, 3.05) is 11.9 Å². The average molecular weight is 426 g/mol. The molecule has 2 aromatic carbocycles. The van der Waals surface area contributed by atoms with Crippen LogP contribution in [0.1, 0.15) is 38.2 Å². The SMILES string of the molecule is CC(=O)c1cccc(NC(=O)COC(=O)c2cc(-c3ccc(C=O)o3)ccc2Cl)c1. The molecular formula is C22H16ClNO6. The number of nitrogens with one attached hydrogen (secondary N) is 1. The number of benzene rings is 2. The number of carbonyl (C=O) groups excluding carboxylic acids is 4. The van der Waals surface area contributed by atoms with Gasteiger partial charge in [-0.25, -0.2) is 4.79 Å². The van der Waals surface area contributed by atoms with Gasteiger partial charge in [0.25, 0.3) is 5.91 Å². The van der Waals surface area contributed by atoms with Crippen molar-refractivity contribution < 1.29 is 28.3 Å². The lowest BCUT2D eigenvalue weighted by Gasteiger charge is -2.09. The van der Waals surface area contributed by atoms with Crippen LogP contribution in [-0.2, 0) is 9.53 Å². The predicted octanol–water partition coefficient (Wildman–Crippen LogP) is 4.41. The maximum Gasteiger partial charge on any atom is 0.340 e. The second kappa shape index (κ2) is 9.19. The lowest BCUT2D eigenvalue weighted by atomic mass is 10.1. The monoisotopic (exact) mass is 425 g/mol. The lowest BCUT2D eigenvalue weighted by Crippen LogP contribution is -2.21. The highest BCUT2D eigenvalue weighted by molar-refractivity contribution is 6.33. The van der Waals surface area contributed by atoms with E-state index in [1.165, 1.54) is 31.2 Å². The van der Waals surface area contributed by atoms with Crippen LogP contribution in [0.15, 0.2) is 59.0 Å². The number of ether oxygens (including phenoxy) is 1. The first-order valence-corrected chi connectivity index (χ1v) is 9.18. The summed E-state index contributed by atoms with van der Waals surface area (Å²) in [4.78, 5) is 46.7. The number of halogens is 1. The topological polar surface area (TPSA) is 103 Å². The fourth-order valence-corrected chi connectivity index (χ4v) is 2.82. The van der Waals surface area contributed by atoms with Crippen LogP contribution in [0, 0.1) is 0 Å². The molecule has 0 aliphatic heterocycles. The van der Waals surface area contributed by atoms with Crippen LogP contribution in [0.3, 0.4) is 0 Å². The minimum atomic E-state index is -0.795. The number of rotatable bonds is 7. The Morgan fingerprint density at radius 1 is 1.10 bits per heavy atom. The summed E-state index contributed by atoms with van der Waals surface area (Å²) in [6.07, 6.45) is 0.569. The molecule has 0 radical (unpaired) electrons. The van der Waals surface area contributed by atoms with E-state index >= 15 is 0 Å². The molecular weight excluding hydrogens is 410 g/mol. The summed E-state index contributed by atoms with van der Waals surface area (Å²) >= 11 is 6.08. The van der Waals surface area contributed by atoms with Gasteiger partial charge >= 0.3 is 5.97 Å². The summed E-state index contributed by atoms with van der Waals surface area (Å²) in [5.41, 5.74) is 1.42. The van der Waals surface area contributed by atoms with Crippen molar-refractivity contribution in [3.8, 4) is 11.3 Å². The van der Waals surface area contributed by atoms with Gasteiger partial charge in [0.1, 0.15) is 5.76 Å². The zero-order valence-corrected chi connectivity index (χ0v) is 16.6. The van der Waals surface area contributed by atoms with E-state index < -0.39 is 18.5 Å². The van der Waals surface area contributed by atoms with Crippen LogP contribution in [0.2, 0.25) is 5.02 Å². The quantitative estimate of drug-likeness (QED) is 0.341. The van der Waals surface area contributed by atoms with E-state index in [0.717, 1.165) is 0 Å². The Morgan fingerprint density at radius 2 is 1.90 bits per heavy atom. The Bertz CT molecular complexity index is 1130. The molecule has 1 aromatic heterocycles. The largest absolute Gasteiger partial charge is 0.453 e. The highest BCUT2D eigenvalue weighted by Gasteiger charge is 2.16. The number of furan rings is 1. The molecule has 0 fully saturated rings. The Morgan fingerprint density at radius 3 is 2.60 bits per heavy atom. The van der Waals surface area contributed by atoms with Crippen molar-refractivity contribution >= 4 is 41.2 Å². The first kappa shape index (κ1) is 21.0. The molecule has 0 saturated carbocycles. The number of amides is 1. The van der Waals surface area contributed by atoms with E-state index in [2.05, 4.69) is 5.32 Å². The third-order valence-electron chi connectivity index (χ3n) is 4.10. The molecule has 0 atom stereocenters. The van der Waals surface area contributed by atoms with Crippen molar-refractivity contribution in [1.29, 1.82) is 0 Å². The second-order valence-corrected chi connectivity index (χ2v) is 6.68. The van der Waals surface area contributed by atoms with Gasteiger partial charge in [0.15, 0.2) is 24.4 Å². The van der Waals surface area contributed by atoms with Crippen molar-refractivity contribution in [2.45, 2.75) is 6.92 Å². The van der Waals surface area contributed by atoms with Gasteiger partial charge in [0, 0.05) is 16.8 Å². The summed E-state index contributed by atoms with van der Waals surface area (Å²) < 4.78 is 10.4. The van der Waals surface area contributed by atoms with Crippen molar-refractivity contribution in [3.05, 3.63) is 76.5 Å². The van der Waals surface area contributed by atoms with Gasteiger partial charge in [-0.1, -0.05) is 23.7 Å². The van der Waals surface area contributed by atoms with E-state index in [-0.39, 0.29) is 22.1 Å². The third-order valence-corrected chi connectivity index (χ3v) is 4.43. The molecule has 1 heterocycles. The van der Waals surface area contributed by atoms with E-state index in [4.69, 9.17) is 20.8 Å². The number of anilines is 1. The molecule has 7 nitrogen and oxygen atoms in total. The van der Waals surface area contributed by atoms with Gasteiger partial charge in [-0.15, -0.1) is 0 Å². The molecule has 0 bridgehead atoms. The summed E-state index contributed by atoms with van der Waals surface area (Å²) in [7, 11) is 0. The standard InChI is InChI=1S/C22H16ClNO6/c1-13(26)14-3-2-4-16(9-14)24-21(27)12-29-22(28)18-10-15(5-7-19(18)23)20-8-6-17(11-25)30-20/h2-11H,12H2,1H3,(H,24,27). The summed E-state index contributed by atoms with van der Waals surface area (Å²) in [6.45, 7) is 0.878. The van der Waals surface area contributed by atoms with Crippen molar-refractivity contribution in [1.82, 2.24) is 0 Å². The maximum atomic E-state index is 12.4. The molecule has 0 spiro atoms. The number of carbonyl (C=O) groups is 4. The van der Waals surface area contributed by atoms with Gasteiger partial charge in [0.05, 0.1) is 10.6 Å². The maximum absolute atomic E-state index is 12.4. The van der Waals surface area contributed by atoms with Gasteiger partial charge in [-0.05, 0) is 49.4 Å². The number of aldehydes is 1. The van der Waals surface area contributed by atoms with E-state index in [1.54, 1.807) is 30.3 Å². The van der Waals surface area contributed by atoms with Crippen LogP contribution in [0.25, 0.3) is 11.3 Å². The van der Waals surface area contributed by atoms with Crippen LogP contribution in [0.4, 0.5) is 5.69 Å². The summed E-state index contributed by atoms with van der Waals surface area (Å²) in [5, 5.41) is 2.69. The van der Waals surface area contributed by atoms with Crippen molar-refractivity contribution in [2.24, 2.45) is 0 Å². The molecule has 1 amide bonds. The molecule has 0 saturated heterocycles. The van der Waals surface area contributed by atoms with Gasteiger partial charge in [-0.3, -0.25) is 14.4 Å². The zero-order valence-electron chi connectivity index (χ0n) is 15.8. The zero-order chi connectivity index (χ0) is 21.7. The number of hydrogen-bond donors (Lipinski definition) is 1. The van der Waals surface area contributed by atoms with E-state index in [1.807, 2.05) is 0 Å². The molecule has 152 valence electrons. The highest BCUT2D eigenvalue weighted by atomic mass is 35.5. The number of hydrogen-bond acceptors (Lipinski definition) is 6. The molecule has 0 aliphatic rings. The Balaban J connectivity index is 1.66. The lowest BCUT2D eigenvalue weighted by molar-refractivity contribution is -0.119. The number of Topliss-reactive ketones (excluding diaryl/α,β-unsaturated/α-hetero) is 1.